The Morgan fingerprint density at radius 2 is 1.94 bits per heavy atom. The Labute approximate surface area is 94.7 Å². The molecule has 0 saturated heterocycles. The van der Waals surface area contributed by atoms with E-state index < -0.39 is 0 Å². The summed E-state index contributed by atoms with van der Waals surface area (Å²) < 4.78 is 5.37. The number of hydrogen-bond acceptors (Lipinski definition) is 3. The van der Waals surface area contributed by atoms with Crippen LogP contribution in [-0.4, -0.2) is 21.8 Å². The van der Waals surface area contributed by atoms with Gasteiger partial charge in [0.05, 0.1) is 6.61 Å². The van der Waals surface area contributed by atoms with Crippen molar-refractivity contribution in [3.05, 3.63) is 30.1 Å². The molecule has 0 amide bonds. The van der Waals surface area contributed by atoms with Gasteiger partial charge in [0, 0.05) is 12.0 Å². The lowest BCUT2D eigenvalue weighted by Gasteiger charge is -2.02. The van der Waals surface area contributed by atoms with E-state index in [1.54, 1.807) is 0 Å². The third kappa shape index (κ3) is 2.21. The number of rotatable bonds is 4. The van der Waals surface area contributed by atoms with Crippen LogP contribution in [0.15, 0.2) is 24.3 Å². The standard InChI is InChI=1S/C12H15N3O/c1-3-11-13-12(15-14-11)9-5-7-10(8-6-9)16-4-2/h5-8H,3-4H2,1-2H3,(H,13,14,15). The van der Waals surface area contributed by atoms with Crippen LogP contribution in [0.2, 0.25) is 0 Å². The largest absolute Gasteiger partial charge is 0.494 e. The van der Waals surface area contributed by atoms with Crippen molar-refractivity contribution in [1.82, 2.24) is 15.2 Å². The fraction of sp³-hybridized carbons (Fsp3) is 0.333. The van der Waals surface area contributed by atoms with Gasteiger partial charge in [0.1, 0.15) is 11.6 Å². The minimum atomic E-state index is 0.681. The van der Waals surface area contributed by atoms with Crippen LogP contribution < -0.4 is 4.74 Å². The van der Waals surface area contributed by atoms with Crippen molar-refractivity contribution in [1.29, 1.82) is 0 Å². The second-order valence-corrected chi connectivity index (χ2v) is 3.42. The van der Waals surface area contributed by atoms with E-state index in [1.165, 1.54) is 0 Å². The molecule has 16 heavy (non-hydrogen) atoms. The number of aromatic nitrogens is 3. The number of H-pyrrole nitrogens is 1. The summed E-state index contributed by atoms with van der Waals surface area (Å²) in [7, 11) is 0. The summed E-state index contributed by atoms with van der Waals surface area (Å²) in [6.45, 7) is 4.69. The number of nitrogens with one attached hydrogen (secondary N) is 1. The van der Waals surface area contributed by atoms with E-state index in [-0.39, 0.29) is 0 Å². The molecule has 0 aliphatic heterocycles. The van der Waals surface area contributed by atoms with E-state index in [0.717, 1.165) is 29.4 Å². The molecule has 0 bridgehead atoms. The van der Waals surface area contributed by atoms with E-state index >= 15 is 0 Å². The van der Waals surface area contributed by atoms with Crippen molar-refractivity contribution < 1.29 is 4.74 Å². The van der Waals surface area contributed by atoms with Gasteiger partial charge >= 0.3 is 0 Å². The summed E-state index contributed by atoms with van der Waals surface area (Å²) >= 11 is 0. The molecule has 0 unspecified atom stereocenters. The number of aryl methyl sites for hydroxylation is 1. The minimum absolute atomic E-state index is 0.681. The fourth-order valence-electron chi connectivity index (χ4n) is 1.45. The maximum Gasteiger partial charge on any atom is 0.181 e. The van der Waals surface area contributed by atoms with Crippen LogP contribution in [0.4, 0.5) is 0 Å². The number of benzene rings is 1. The van der Waals surface area contributed by atoms with E-state index in [2.05, 4.69) is 15.2 Å². The summed E-state index contributed by atoms with van der Waals surface area (Å²) in [5.74, 6) is 2.52. The normalized spacial score (nSPS) is 10.4. The zero-order valence-corrected chi connectivity index (χ0v) is 9.53. The van der Waals surface area contributed by atoms with Crippen LogP contribution in [0.25, 0.3) is 11.4 Å². The van der Waals surface area contributed by atoms with Crippen LogP contribution in [-0.2, 0) is 6.42 Å². The zero-order valence-electron chi connectivity index (χ0n) is 9.53. The van der Waals surface area contributed by atoms with Crippen molar-refractivity contribution in [3.63, 3.8) is 0 Å². The number of nitrogens with zero attached hydrogens (tertiary/aromatic N) is 2. The van der Waals surface area contributed by atoms with E-state index in [0.29, 0.717) is 6.61 Å². The Kier molecular flexibility index (Phi) is 3.19. The average molecular weight is 217 g/mol. The third-order valence-corrected chi connectivity index (χ3v) is 2.29. The number of hydrogen-bond donors (Lipinski definition) is 1. The Morgan fingerprint density at radius 1 is 1.19 bits per heavy atom. The molecule has 4 heteroatoms. The highest BCUT2D eigenvalue weighted by molar-refractivity contribution is 5.55. The Morgan fingerprint density at radius 3 is 2.50 bits per heavy atom. The van der Waals surface area contributed by atoms with Crippen molar-refractivity contribution in [2.45, 2.75) is 20.3 Å². The molecule has 1 aromatic carbocycles. The summed E-state index contributed by atoms with van der Waals surface area (Å²) in [6.07, 6.45) is 0.865. The summed E-state index contributed by atoms with van der Waals surface area (Å²) in [4.78, 5) is 4.37. The molecule has 84 valence electrons. The molecule has 0 fully saturated rings. The predicted molar refractivity (Wildman–Crippen MR) is 62.4 cm³/mol. The molecule has 0 aliphatic rings. The lowest BCUT2D eigenvalue weighted by molar-refractivity contribution is 0.340. The van der Waals surface area contributed by atoms with Crippen LogP contribution in [0, 0.1) is 0 Å². The summed E-state index contributed by atoms with van der Waals surface area (Å²) in [5.41, 5.74) is 0.999. The molecule has 0 aliphatic carbocycles. The van der Waals surface area contributed by atoms with E-state index in [4.69, 9.17) is 4.74 Å². The van der Waals surface area contributed by atoms with Gasteiger partial charge in [-0.25, -0.2) is 4.98 Å². The molecule has 0 spiro atoms. The first-order chi connectivity index (χ1) is 7.83. The van der Waals surface area contributed by atoms with E-state index in [9.17, 15) is 0 Å². The lowest BCUT2D eigenvalue weighted by atomic mass is 10.2. The van der Waals surface area contributed by atoms with Crippen LogP contribution in [0.5, 0.6) is 5.75 Å². The third-order valence-electron chi connectivity index (χ3n) is 2.29. The maximum absolute atomic E-state index is 5.37. The first-order valence-electron chi connectivity index (χ1n) is 5.48. The zero-order chi connectivity index (χ0) is 11.4. The monoisotopic (exact) mass is 217 g/mol. The highest BCUT2D eigenvalue weighted by Gasteiger charge is 2.04. The van der Waals surface area contributed by atoms with Crippen LogP contribution >= 0.6 is 0 Å². The van der Waals surface area contributed by atoms with Gasteiger partial charge in [-0.3, -0.25) is 5.10 Å². The molecule has 2 aromatic rings. The lowest BCUT2D eigenvalue weighted by Crippen LogP contribution is -1.90. The molecular weight excluding hydrogens is 202 g/mol. The Bertz CT molecular complexity index is 448. The molecule has 4 nitrogen and oxygen atoms in total. The predicted octanol–water partition coefficient (Wildman–Crippen LogP) is 2.43. The van der Waals surface area contributed by atoms with Gasteiger partial charge in [-0.15, -0.1) is 0 Å². The Balaban J connectivity index is 2.20. The molecule has 1 aromatic heterocycles. The van der Waals surface area contributed by atoms with Gasteiger partial charge in [-0.2, -0.15) is 5.10 Å². The molecule has 0 saturated carbocycles. The molecular formula is C12H15N3O. The highest BCUT2D eigenvalue weighted by Crippen LogP contribution is 2.19. The summed E-state index contributed by atoms with van der Waals surface area (Å²) in [6, 6.07) is 7.79. The first kappa shape index (κ1) is 10.7. The second kappa shape index (κ2) is 4.79. The maximum atomic E-state index is 5.37. The van der Waals surface area contributed by atoms with Gasteiger partial charge in [-0.1, -0.05) is 6.92 Å². The number of ether oxygens (including phenoxy) is 1. The van der Waals surface area contributed by atoms with Gasteiger partial charge in [-0.05, 0) is 31.2 Å². The smallest absolute Gasteiger partial charge is 0.181 e. The molecule has 2 rings (SSSR count). The average Bonchev–Trinajstić information content (AvgIpc) is 2.79. The quantitative estimate of drug-likeness (QED) is 0.855. The van der Waals surface area contributed by atoms with Crippen molar-refractivity contribution >= 4 is 0 Å². The fourth-order valence-corrected chi connectivity index (χ4v) is 1.45. The van der Waals surface area contributed by atoms with Gasteiger partial charge < -0.3 is 4.74 Å². The minimum Gasteiger partial charge on any atom is -0.494 e. The SMILES string of the molecule is CCOc1ccc(-c2n[nH]c(CC)n2)cc1. The van der Waals surface area contributed by atoms with Gasteiger partial charge in [0.25, 0.3) is 0 Å². The molecule has 1 N–H and O–H groups in total. The molecule has 0 radical (unpaired) electrons. The van der Waals surface area contributed by atoms with Gasteiger partial charge in [0.15, 0.2) is 5.82 Å². The second-order valence-electron chi connectivity index (χ2n) is 3.42. The highest BCUT2D eigenvalue weighted by atomic mass is 16.5. The number of aromatic amines is 1. The topological polar surface area (TPSA) is 50.8 Å². The molecule has 1 heterocycles. The van der Waals surface area contributed by atoms with Crippen molar-refractivity contribution in [2.24, 2.45) is 0 Å². The van der Waals surface area contributed by atoms with Crippen LogP contribution in [0.3, 0.4) is 0 Å². The van der Waals surface area contributed by atoms with E-state index in [1.807, 2.05) is 38.1 Å². The van der Waals surface area contributed by atoms with Crippen molar-refractivity contribution in [2.75, 3.05) is 6.61 Å². The first-order valence-corrected chi connectivity index (χ1v) is 5.48. The van der Waals surface area contributed by atoms with Gasteiger partial charge in [0.2, 0.25) is 0 Å². The van der Waals surface area contributed by atoms with Crippen LogP contribution in [0.1, 0.15) is 19.7 Å². The summed E-state index contributed by atoms with van der Waals surface area (Å²) in [5, 5.41) is 7.06. The van der Waals surface area contributed by atoms with Crippen molar-refractivity contribution in [3.8, 4) is 17.1 Å². The molecule has 0 atom stereocenters. The Hall–Kier alpha value is -1.84.